The first-order chi connectivity index (χ1) is 14.0. The molecule has 2 aromatic carbocycles. The van der Waals surface area contributed by atoms with E-state index in [9.17, 15) is 9.18 Å². The van der Waals surface area contributed by atoms with E-state index in [0.29, 0.717) is 5.56 Å². The number of para-hydroxylation sites is 1. The van der Waals surface area contributed by atoms with Crippen molar-refractivity contribution < 1.29 is 9.18 Å². The van der Waals surface area contributed by atoms with Crippen LogP contribution in [0.15, 0.2) is 59.7 Å². The molecule has 2 heterocycles. The number of rotatable bonds is 4. The van der Waals surface area contributed by atoms with Gasteiger partial charge in [0.05, 0.1) is 11.8 Å². The van der Waals surface area contributed by atoms with E-state index in [1.165, 1.54) is 12.1 Å². The van der Waals surface area contributed by atoms with Crippen LogP contribution in [0.25, 0.3) is 16.6 Å². The van der Waals surface area contributed by atoms with E-state index in [-0.39, 0.29) is 11.7 Å². The molecule has 0 spiro atoms. The molecule has 2 N–H and O–H groups in total. The van der Waals surface area contributed by atoms with Crippen LogP contribution < -0.4 is 5.43 Å². The van der Waals surface area contributed by atoms with Gasteiger partial charge >= 0.3 is 0 Å². The molecule has 29 heavy (non-hydrogen) atoms. The third kappa shape index (κ3) is 3.45. The summed E-state index contributed by atoms with van der Waals surface area (Å²) in [4.78, 5) is 16.0. The summed E-state index contributed by atoms with van der Waals surface area (Å²) < 4.78 is 15.1. The minimum absolute atomic E-state index is 0.291. The highest BCUT2D eigenvalue weighted by Crippen LogP contribution is 2.22. The predicted octanol–water partition coefficient (Wildman–Crippen LogP) is 4.79. The van der Waals surface area contributed by atoms with Crippen molar-refractivity contribution in [1.82, 2.24) is 15.0 Å². The van der Waals surface area contributed by atoms with Crippen LogP contribution in [0.2, 0.25) is 0 Å². The van der Waals surface area contributed by atoms with Crippen LogP contribution >= 0.6 is 0 Å². The van der Waals surface area contributed by atoms with Gasteiger partial charge in [0.25, 0.3) is 5.91 Å². The Hall–Kier alpha value is -3.67. The lowest BCUT2D eigenvalue weighted by molar-refractivity contribution is 0.0954. The van der Waals surface area contributed by atoms with E-state index in [1.54, 1.807) is 24.4 Å². The number of amides is 1. The molecule has 0 aliphatic rings. The van der Waals surface area contributed by atoms with Gasteiger partial charge in [-0.25, -0.2) is 9.82 Å². The van der Waals surface area contributed by atoms with Crippen molar-refractivity contribution in [3.05, 3.63) is 88.6 Å². The van der Waals surface area contributed by atoms with Crippen LogP contribution in [0.1, 0.15) is 33.0 Å². The van der Waals surface area contributed by atoms with Crippen LogP contribution in [0.3, 0.4) is 0 Å². The van der Waals surface area contributed by atoms with Gasteiger partial charge in [0.2, 0.25) is 0 Å². The van der Waals surface area contributed by atoms with Gasteiger partial charge in [-0.3, -0.25) is 4.79 Å². The van der Waals surface area contributed by atoms with Gasteiger partial charge in [0, 0.05) is 39.2 Å². The van der Waals surface area contributed by atoms with E-state index in [2.05, 4.69) is 15.5 Å². The van der Waals surface area contributed by atoms with Gasteiger partial charge in [0.15, 0.2) is 0 Å². The first kappa shape index (κ1) is 18.7. The van der Waals surface area contributed by atoms with Crippen molar-refractivity contribution in [3.63, 3.8) is 0 Å². The van der Waals surface area contributed by atoms with Crippen LogP contribution in [-0.2, 0) is 0 Å². The van der Waals surface area contributed by atoms with Gasteiger partial charge in [0.1, 0.15) is 5.82 Å². The smallest absolute Gasteiger partial charge is 0.273 e. The topological polar surface area (TPSA) is 62.2 Å². The Kier molecular flexibility index (Phi) is 4.76. The van der Waals surface area contributed by atoms with Crippen LogP contribution in [0.5, 0.6) is 0 Å². The maximum absolute atomic E-state index is 13.2. The zero-order valence-electron chi connectivity index (χ0n) is 16.5. The lowest BCUT2D eigenvalue weighted by Crippen LogP contribution is -2.18. The van der Waals surface area contributed by atoms with E-state index in [0.717, 1.165) is 39.2 Å². The number of aromatic amines is 1. The van der Waals surface area contributed by atoms with Crippen LogP contribution in [-0.4, -0.2) is 21.7 Å². The summed E-state index contributed by atoms with van der Waals surface area (Å²) in [5.41, 5.74) is 8.55. The summed E-state index contributed by atoms with van der Waals surface area (Å²) in [6.45, 7) is 5.74. The summed E-state index contributed by atoms with van der Waals surface area (Å²) in [6, 6.07) is 15.9. The number of carbonyl (C=O) groups is 1. The number of hydrazone groups is 1. The van der Waals surface area contributed by atoms with Gasteiger partial charge in [-0.05, 0) is 57.2 Å². The van der Waals surface area contributed by atoms with Crippen molar-refractivity contribution in [2.45, 2.75) is 20.8 Å². The van der Waals surface area contributed by atoms with Crippen LogP contribution in [0, 0.1) is 26.6 Å². The summed E-state index contributed by atoms with van der Waals surface area (Å²) in [6.07, 6.45) is 1.66. The Morgan fingerprint density at radius 1 is 1.10 bits per heavy atom. The van der Waals surface area contributed by atoms with Crippen LogP contribution in [0.4, 0.5) is 4.39 Å². The molecule has 0 radical (unpaired) electrons. The lowest BCUT2D eigenvalue weighted by atomic mass is 10.1. The number of aromatic nitrogens is 2. The zero-order valence-corrected chi connectivity index (χ0v) is 16.5. The highest BCUT2D eigenvalue weighted by molar-refractivity contribution is 6.01. The van der Waals surface area contributed by atoms with Crippen molar-refractivity contribution in [3.8, 4) is 5.69 Å². The maximum Gasteiger partial charge on any atom is 0.273 e. The van der Waals surface area contributed by atoms with Crippen molar-refractivity contribution in [1.29, 1.82) is 0 Å². The Bertz CT molecular complexity index is 1230. The SMILES string of the molecule is Cc1[nH]c2ccccc2c1C=NNC(=O)c1cc(C)n(-c2ccc(F)cc2)c1C. The number of hydrogen-bond acceptors (Lipinski definition) is 2. The molecule has 1 amide bonds. The number of aryl methyl sites for hydroxylation is 2. The van der Waals surface area contributed by atoms with E-state index >= 15 is 0 Å². The molecule has 0 fully saturated rings. The minimum atomic E-state index is -0.295. The number of nitrogens with zero attached hydrogens (tertiary/aromatic N) is 2. The summed E-state index contributed by atoms with van der Waals surface area (Å²) in [5, 5.41) is 5.22. The molecule has 0 aliphatic carbocycles. The monoisotopic (exact) mass is 388 g/mol. The van der Waals surface area contributed by atoms with Gasteiger partial charge < -0.3 is 9.55 Å². The molecule has 0 atom stereocenters. The van der Waals surface area contributed by atoms with Crippen molar-refractivity contribution in [2.24, 2.45) is 5.10 Å². The van der Waals surface area contributed by atoms with E-state index in [1.807, 2.05) is 49.6 Å². The predicted molar refractivity (Wildman–Crippen MR) is 113 cm³/mol. The Labute approximate surface area is 167 Å². The fourth-order valence-electron chi connectivity index (χ4n) is 3.66. The summed E-state index contributed by atoms with van der Waals surface area (Å²) in [5.74, 6) is -0.587. The molecular formula is C23H21FN4O. The Balaban J connectivity index is 1.57. The Morgan fingerprint density at radius 3 is 2.59 bits per heavy atom. The quantitative estimate of drug-likeness (QED) is 0.383. The highest BCUT2D eigenvalue weighted by atomic mass is 19.1. The third-order valence-corrected chi connectivity index (χ3v) is 5.06. The number of hydrogen-bond donors (Lipinski definition) is 2. The highest BCUT2D eigenvalue weighted by Gasteiger charge is 2.16. The third-order valence-electron chi connectivity index (χ3n) is 5.06. The van der Waals surface area contributed by atoms with Crippen molar-refractivity contribution >= 4 is 23.0 Å². The number of nitrogens with one attached hydrogen (secondary N) is 2. The second-order valence-electron chi connectivity index (χ2n) is 7.01. The number of carbonyl (C=O) groups excluding carboxylic acids is 1. The molecule has 0 unspecified atom stereocenters. The zero-order chi connectivity index (χ0) is 20.5. The molecule has 6 heteroatoms. The van der Waals surface area contributed by atoms with Gasteiger partial charge in [-0.1, -0.05) is 18.2 Å². The fourth-order valence-corrected chi connectivity index (χ4v) is 3.66. The second-order valence-corrected chi connectivity index (χ2v) is 7.01. The lowest BCUT2D eigenvalue weighted by Gasteiger charge is -2.09. The largest absolute Gasteiger partial charge is 0.358 e. The minimum Gasteiger partial charge on any atom is -0.358 e. The molecule has 0 saturated heterocycles. The fraction of sp³-hybridized carbons (Fsp3) is 0.130. The summed E-state index contributed by atoms with van der Waals surface area (Å²) in [7, 11) is 0. The van der Waals surface area contributed by atoms with Gasteiger partial charge in [-0.15, -0.1) is 0 Å². The number of fused-ring (bicyclic) bond motifs is 1. The van der Waals surface area contributed by atoms with Gasteiger partial charge in [-0.2, -0.15) is 5.10 Å². The molecule has 146 valence electrons. The standard InChI is InChI=1S/C23H21FN4O/c1-14-12-20(16(3)28(14)18-10-8-17(24)9-11-18)23(29)27-25-13-21-15(2)26-22-7-5-4-6-19(21)22/h4-13,26H,1-3H3,(H,27,29). The molecule has 0 saturated carbocycles. The molecule has 2 aromatic heterocycles. The molecule has 0 aliphatic heterocycles. The number of halogens is 1. The Morgan fingerprint density at radius 2 is 1.83 bits per heavy atom. The molecule has 0 bridgehead atoms. The maximum atomic E-state index is 13.2. The normalized spacial score (nSPS) is 11.4. The van der Waals surface area contributed by atoms with E-state index < -0.39 is 0 Å². The average Bonchev–Trinajstić information content (AvgIpc) is 3.18. The number of H-pyrrole nitrogens is 1. The second kappa shape index (κ2) is 7.39. The first-order valence-electron chi connectivity index (χ1n) is 9.31. The summed E-state index contributed by atoms with van der Waals surface area (Å²) >= 11 is 0. The molecular weight excluding hydrogens is 367 g/mol. The average molecular weight is 388 g/mol. The molecule has 4 aromatic rings. The molecule has 4 rings (SSSR count). The van der Waals surface area contributed by atoms with Crippen molar-refractivity contribution in [2.75, 3.05) is 0 Å². The number of benzene rings is 2. The van der Waals surface area contributed by atoms with E-state index in [4.69, 9.17) is 0 Å². The molecule has 5 nitrogen and oxygen atoms in total. The first-order valence-corrected chi connectivity index (χ1v) is 9.31.